The van der Waals surface area contributed by atoms with E-state index in [-0.39, 0.29) is 5.91 Å². The fourth-order valence-corrected chi connectivity index (χ4v) is 2.52. The van der Waals surface area contributed by atoms with Crippen molar-refractivity contribution < 1.29 is 9.21 Å². The van der Waals surface area contributed by atoms with Crippen LogP contribution >= 0.6 is 15.9 Å². The van der Waals surface area contributed by atoms with Crippen LogP contribution in [0.3, 0.4) is 0 Å². The molecule has 0 bridgehead atoms. The van der Waals surface area contributed by atoms with Gasteiger partial charge in [-0.2, -0.15) is 5.10 Å². The van der Waals surface area contributed by atoms with Crippen LogP contribution in [0.2, 0.25) is 0 Å². The van der Waals surface area contributed by atoms with Crippen LogP contribution in [0.1, 0.15) is 16.1 Å². The zero-order valence-electron chi connectivity index (χ0n) is 12.1. The Bertz CT molecular complexity index is 841. The van der Waals surface area contributed by atoms with Crippen molar-refractivity contribution in [2.24, 2.45) is 5.10 Å². The van der Waals surface area contributed by atoms with E-state index in [2.05, 4.69) is 26.5 Å². The first-order valence-corrected chi connectivity index (χ1v) is 7.76. The largest absolute Gasteiger partial charge is 0.455 e. The maximum absolute atomic E-state index is 11.8. The van der Waals surface area contributed by atoms with Gasteiger partial charge >= 0.3 is 0 Å². The van der Waals surface area contributed by atoms with Crippen LogP contribution in [0.25, 0.3) is 11.3 Å². The topological polar surface area (TPSA) is 54.6 Å². The summed E-state index contributed by atoms with van der Waals surface area (Å²) in [5.41, 5.74) is 3.98. The number of benzene rings is 2. The Morgan fingerprint density at radius 3 is 2.52 bits per heavy atom. The van der Waals surface area contributed by atoms with Gasteiger partial charge in [0.25, 0.3) is 5.91 Å². The molecule has 1 heterocycles. The molecule has 0 radical (unpaired) electrons. The molecule has 0 spiro atoms. The van der Waals surface area contributed by atoms with Gasteiger partial charge in [-0.25, -0.2) is 5.43 Å². The highest BCUT2D eigenvalue weighted by atomic mass is 79.9. The zero-order valence-corrected chi connectivity index (χ0v) is 13.7. The first kappa shape index (κ1) is 15.2. The summed E-state index contributed by atoms with van der Waals surface area (Å²) in [6.45, 7) is 0. The van der Waals surface area contributed by atoms with E-state index >= 15 is 0 Å². The molecular weight excluding hydrogens is 356 g/mol. The summed E-state index contributed by atoms with van der Waals surface area (Å²) in [6, 6.07) is 20.4. The highest BCUT2D eigenvalue weighted by molar-refractivity contribution is 9.10. The van der Waals surface area contributed by atoms with Gasteiger partial charge < -0.3 is 4.42 Å². The maximum Gasteiger partial charge on any atom is 0.271 e. The minimum atomic E-state index is -0.264. The fourth-order valence-electron chi connectivity index (χ4n) is 2.04. The van der Waals surface area contributed by atoms with Gasteiger partial charge in [-0.1, -0.05) is 52.3 Å². The number of hydrogen-bond donors (Lipinski definition) is 1. The number of hydrogen-bond acceptors (Lipinski definition) is 3. The molecule has 1 N–H and O–H groups in total. The summed E-state index contributed by atoms with van der Waals surface area (Å²) in [7, 11) is 0. The van der Waals surface area contributed by atoms with E-state index in [4.69, 9.17) is 4.42 Å². The molecular formula is C18H13BrN2O2. The van der Waals surface area contributed by atoms with E-state index in [1.54, 1.807) is 30.3 Å². The third-order valence-corrected chi connectivity index (χ3v) is 3.85. The van der Waals surface area contributed by atoms with Crippen molar-refractivity contribution in [3.8, 4) is 11.3 Å². The molecule has 0 saturated heterocycles. The molecule has 0 saturated carbocycles. The van der Waals surface area contributed by atoms with Gasteiger partial charge in [0.05, 0.1) is 6.21 Å². The lowest BCUT2D eigenvalue weighted by molar-refractivity contribution is 0.0955. The number of halogens is 1. The lowest BCUT2D eigenvalue weighted by Crippen LogP contribution is -2.17. The van der Waals surface area contributed by atoms with Crippen molar-refractivity contribution in [3.05, 3.63) is 82.5 Å². The summed E-state index contributed by atoms with van der Waals surface area (Å²) in [4.78, 5) is 11.8. The fraction of sp³-hybridized carbons (Fsp3) is 0. The molecule has 0 unspecified atom stereocenters. The van der Waals surface area contributed by atoms with E-state index in [0.29, 0.717) is 11.3 Å². The predicted octanol–water partition coefficient (Wildman–Crippen LogP) is 4.47. The van der Waals surface area contributed by atoms with Gasteiger partial charge in [-0.3, -0.25) is 4.79 Å². The predicted molar refractivity (Wildman–Crippen MR) is 93.3 cm³/mol. The summed E-state index contributed by atoms with van der Waals surface area (Å²) in [5.74, 6) is 1.02. The Balaban J connectivity index is 1.68. The average molecular weight is 369 g/mol. The summed E-state index contributed by atoms with van der Waals surface area (Å²) >= 11 is 3.49. The molecule has 0 aliphatic rings. The highest BCUT2D eigenvalue weighted by Gasteiger charge is 2.07. The minimum Gasteiger partial charge on any atom is -0.455 e. The molecule has 4 nitrogen and oxygen atoms in total. The number of hydrazone groups is 1. The van der Waals surface area contributed by atoms with Crippen molar-refractivity contribution in [2.75, 3.05) is 0 Å². The number of amides is 1. The van der Waals surface area contributed by atoms with Crippen molar-refractivity contribution in [2.45, 2.75) is 0 Å². The quantitative estimate of drug-likeness (QED) is 0.545. The third-order valence-electron chi connectivity index (χ3n) is 3.16. The SMILES string of the molecule is O=C(N/N=C\c1ccc(-c2ccccc2Br)o1)c1ccccc1. The summed E-state index contributed by atoms with van der Waals surface area (Å²) in [6.07, 6.45) is 1.47. The number of carbonyl (C=O) groups excluding carboxylic acids is 1. The van der Waals surface area contributed by atoms with Gasteiger partial charge in [-0.05, 0) is 30.3 Å². The second-order valence-electron chi connectivity index (χ2n) is 4.75. The molecule has 3 aromatic rings. The monoisotopic (exact) mass is 368 g/mol. The smallest absolute Gasteiger partial charge is 0.271 e. The number of nitrogens with one attached hydrogen (secondary N) is 1. The van der Waals surface area contributed by atoms with Crippen LogP contribution < -0.4 is 5.43 Å². The molecule has 0 fully saturated rings. The first-order valence-electron chi connectivity index (χ1n) is 6.97. The van der Waals surface area contributed by atoms with E-state index < -0.39 is 0 Å². The molecule has 0 aliphatic carbocycles. The standard InChI is InChI=1S/C18H13BrN2O2/c19-16-9-5-4-8-15(16)17-11-10-14(23-17)12-20-21-18(22)13-6-2-1-3-7-13/h1-12H,(H,21,22)/b20-12-. The Morgan fingerprint density at radius 1 is 1.00 bits per heavy atom. The molecule has 0 atom stereocenters. The van der Waals surface area contributed by atoms with Gasteiger partial charge in [0.2, 0.25) is 0 Å². The molecule has 1 aromatic heterocycles. The van der Waals surface area contributed by atoms with Crippen molar-refractivity contribution in [3.63, 3.8) is 0 Å². The Morgan fingerprint density at radius 2 is 1.74 bits per heavy atom. The van der Waals surface area contributed by atoms with E-state index in [1.165, 1.54) is 6.21 Å². The third kappa shape index (κ3) is 3.76. The van der Waals surface area contributed by atoms with E-state index in [0.717, 1.165) is 15.8 Å². The second-order valence-corrected chi connectivity index (χ2v) is 5.60. The van der Waals surface area contributed by atoms with Crippen LogP contribution in [-0.2, 0) is 0 Å². The Labute approximate surface area is 142 Å². The van der Waals surface area contributed by atoms with Crippen LogP contribution in [-0.4, -0.2) is 12.1 Å². The summed E-state index contributed by atoms with van der Waals surface area (Å²) in [5, 5.41) is 3.92. The van der Waals surface area contributed by atoms with E-state index in [1.807, 2.05) is 36.4 Å². The van der Waals surface area contributed by atoms with Gasteiger partial charge in [0, 0.05) is 15.6 Å². The van der Waals surface area contributed by atoms with Crippen molar-refractivity contribution >= 4 is 28.1 Å². The van der Waals surface area contributed by atoms with Crippen LogP contribution in [0.4, 0.5) is 0 Å². The molecule has 3 rings (SSSR count). The molecule has 23 heavy (non-hydrogen) atoms. The summed E-state index contributed by atoms with van der Waals surface area (Å²) < 4.78 is 6.66. The molecule has 2 aromatic carbocycles. The number of rotatable bonds is 4. The minimum absolute atomic E-state index is 0.264. The number of furan rings is 1. The molecule has 114 valence electrons. The maximum atomic E-state index is 11.8. The molecule has 1 amide bonds. The van der Waals surface area contributed by atoms with Crippen LogP contribution in [0, 0.1) is 0 Å². The zero-order chi connectivity index (χ0) is 16.1. The Hall–Kier alpha value is -2.66. The Kier molecular flexibility index (Phi) is 4.68. The highest BCUT2D eigenvalue weighted by Crippen LogP contribution is 2.28. The average Bonchev–Trinajstić information content (AvgIpc) is 3.04. The van der Waals surface area contributed by atoms with Crippen LogP contribution in [0.5, 0.6) is 0 Å². The van der Waals surface area contributed by atoms with Crippen LogP contribution in [0.15, 0.2) is 80.7 Å². The normalized spacial score (nSPS) is 10.8. The van der Waals surface area contributed by atoms with Crippen molar-refractivity contribution in [1.82, 2.24) is 5.43 Å². The first-order chi connectivity index (χ1) is 11.2. The lowest BCUT2D eigenvalue weighted by atomic mass is 10.2. The van der Waals surface area contributed by atoms with Gasteiger partial charge in [0.1, 0.15) is 11.5 Å². The van der Waals surface area contributed by atoms with Gasteiger partial charge in [-0.15, -0.1) is 0 Å². The van der Waals surface area contributed by atoms with Gasteiger partial charge in [0.15, 0.2) is 0 Å². The van der Waals surface area contributed by atoms with Crippen molar-refractivity contribution in [1.29, 1.82) is 0 Å². The second kappa shape index (κ2) is 7.07. The van der Waals surface area contributed by atoms with E-state index in [9.17, 15) is 4.79 Å². The molecule has 0 aliphatic heterocycles. The number of carbonyl (C=O) groups is 1. The lowest BCUT2D eigenvalue weighted by Gasteiger charge is -1.99. The number of nitrogens with zero attached hydrogens (tertiary/aromatic N) is 1. The molecule has 5 heteroatoms.